The Morgan fingerprint density at radius 3 is 2.52 bits per heavy atom. The SMILES string of the molecule is Cc1c([C@@H](C)NC(=O)Cn2cc(C(=O)NCc3ccc(F)cc3)ccc2=O)cnn1C. The summed E-state index contributed by atoms with van der Waals surface area (Å²) >= 11 is 0. The third-order valence-electron chi connectivity index (χ3n) is 5.04. The maximum Gasteiger partial charge on any atom is 0.253 e. The standard InChI is InChI=1S/C22H24FN5O3/c1-14(19-11-25-27(3)15(19)2)26-20(29)13-28-12-17(6-9-21(28)30)22(31)24-10-16-4-7-18(23)8-5-16/h4-9,11-12,14H,10,13H2,1-3H3,(H,24,31)(H,26,29)/t14-/m1/s1. The molecule has 0 saturated carbocycles. The fourth-order valence-corrected chi connectivity index (χ4v) is 3.14. The van der Waals surface area contributed by atoms with Crippen molar-refractivity contribution in [2.45, 2.75) is 33.0 Å². The average Bonchev–Trinajstić information content (AvgIpc) is 3.07. The van der Waals surface area contributed by atoms with E-state index >= 15 is 0 Å². The number of nitrogens with one attached hydrogen (secondary N) is 2. The number of benzene rings is 1. The lowest BCUT2D eigenvalue weighted by Gasteiger charge is -2.15. The van der Waals surface area contributed by atoms with Crippen LogP contribution >= 0.6 is 0 Å². The van der Waals surface area contributed by atoms with E-state index in [9.17, 15) is 18.8 Å². The molecule has 9 heteroatoms. The van der Waals surface area contributed by atoms with Gasteiger partial charge in [0.2, 0.25) is 5.91 Å². The normalized spacial score (nSPS) is 11.7. The summed E-state index contributed by atoms with van der Waals surface area (Å²) in [6.45, 7) is 3.73. The number of carbonyl (C=O) groups is 2. The fourth-order valence-electron chi connectivity index (χ4n) is 3.14. The van der Waals surface area contributed by atoms with Crippen molar-refractivity contribution in [1.29, 1.82) is 0 Å². The lowest BCUT2D eigenvalue weighted by molar-refractivity contribution is -0.122. The van der Waals surface area contributed by atoms with Crippen molar-refractivity contribution < 1.29 is 14.0 Å². The van der Waals surface area contributed by atoms with Gasteiger partial charge in [0.1, 0.15) is 12.4 Å². The van der Waals surface area contributed by atoms with Crippen LogP contribution in [0.15, 0.2) is 53.6 Å². The summed E-state index contributed by atoms with van der Waals surface area (Å²) in [6, 6.07) is 8.15. The molecule has 1 aromatic carbocycles. The van der Waals surface area contributed by atoms with Crippen LogP contribution in [-0.2, 0) is 24.9 Å². The molecule has 1 atom stereocenters. The Kier molecular flexibility index (Phi) is 6.64. The quantitative estimate of drug-likeness (QED) is 0.604. The molecular formula is C22H24FN5O3. The van der Waals surface area contributed by atoms with Crippen LogP contribution in [0.4, 0.5) is 4.39 Å². The Bertz CT molecular complexity index is 1150. The van der Waals surface area contributed by atoms with Gasteiger partial charge >= 0.3 is 0 Å². The molecule has 0 bridgehead atoms. The molecular weight excluding hydrogens is 401 g/mol. The molecule has 162 valence electrons. The Hall–Kier alpha value is -3.75. The van der Waals surface area contributed by atoms with Crippen LogP contribution in [-0.4, -0.2) is 26.2 Å². The third-order valence-corrected chi connectivity index (χ3v) is 5.04. The van der Waals surface area contributed by atoms with Gasteiger partial charge in [-0.2, -0.15) is 5.10 Å². The molecule has 2 N–H and O–H groups in total. The third kappa shape index (κ3) is 5.44. The molecule has 31 heavy (non-hydrogen) atoms. The van der Waals surface area contributed by atoms with E-state index in [0.29, 0.717) is 0 Å². The zero-order valence-electron chi connectivity index (χ0n) is 17.6. The first-order valence-corrected chi connectivity index (χ1v) is 9.75. The maximum absolute atomic E-state index is 13.0. The van der Waals surface area contributed by atoms with Crippen molar-refractivity contribution in [1.82, 2.24) is 25.0 Å². The van der Waals surface area contributed by atoms with Crippen molar-refractivity contribution in [3.8, 4) is 0 Å². The van der Waals surface area contributed by atoms with E-state index in [0.717, 1.165) is 16.8 Å². The zero-order chi connectivity index (χ0) is 22.5. The monoisotopic (exact) mass is 425 g/mol. The summed E-state index contributed by atoms with van der Waals surface area (Å²) in [4.78, 5) is 37.0. The van der Waals surface area contributed by atoms with E-state index in [1.807, 2.05) is 20.9 Å². The molecule has 0 saturated heterocycles. The number of amides is 2. The minimum absolute atomic E-state index is 0.209. The molecule has 0 radical (unpaired) electrons. The summed E-state index contributed by atoms with van der Waals surface area (Å²) in [5.74, 6) is -1.12. The largest absolute Gasteiger partial charge is 0.348 e. The topological polar surface area (TPSA) is 98.0 Å². The summed E-state index contributed by atoms with van der Waals surface area (Å²) in [6.07, 6.45) is 3.04. The molecule has 0 aliphatic carbocycles. The number of halogens is 1. The lowest BCUT2D eigenvalue weighted by Crippen LogP contribution is -2.34. The van der Waals surface area contributed by atoms with Gasteiger partial charge < -0.3 is 15.2 Å². The van der Waals surface area contributed by atoms with E-state index in [-0.39, 0.29) is 36.4 Å². The van der Waals surface area contributed by atoms with Crippen LogP contribution in [0.5, 0.6) is 0 Å². The van der Waals surface area contributed by atoms with Crippen LogP contribution < -0.4 is 16.2 Å². The van der Waals surface area contributed by atoms with Gasteiger partial charge in [0, 0.05) is 37.1 Å². The first-order chi connectivity index (χ1) is 14.7. The number of rotatable bonds is 7. The number of aromatic nitrogens is 3. The van der Waals surface area contributed by atoms with Gasteiger partial charge in [0.25, 0.3) is 11.5 Å². The number of pyridine rings is 1. The summed E-state index contributed by atoms with van der Waals surface area (Å²) in [5, 5.41) is 9.72. The van der Waals surface area contributed by atoms with Crippen molar-refractivity contribution >= 4 is 11.8 Å². The summed E-state index contributed by atoms with van der Waals surface area (Å²) < 4.78 is 15.9. The highest BCUT2D eigenvalue weighted by Gasteiger charge is 2.16. The first-order valence-electron chi connectivity index (χ1n) is 9.75. The number of aryl methyl sites for hydroxylation is 1. The van der Waals surface area contributed by atoms with Crippen LogP contribution in [0.1, 0.15) is 40.1 Å². The maximum atomic E-state index is 13.0. The van der Waals surface area contributed by atoms with Gasteiger partial charge in [-0.15, -0.1) is 0 Å². The molecule has 2 amide bonds. The smallest absolute Gasteiger partial charge is 0.253 e. The fraction of sp³-hybridized carbons (Fsp3) is 0.273. The second kappa shape index (κ2) is 9.38. The van der Waals surface area contributed by atoms with Gasteiger partial charge in [-0.3, -0.25) is 19.1 Å². The van der Waals surface area contributed by atoms with Gasteiger partial charge in [-0.05, 0) is 37.6 Å². The van der Waals surface area contributed by atoms with Crippen LogP contribution in [0, 0.1) is 12.7 Å². The molecule has 8 nitrogen and oxygen atoms in total. The van der Waals surface area contributed by atoms with Crippen molar-refractivity contribution in [3.05, 3.63) is 87.3 Å². The Morgan fingerprint density at radius 1 is 1.16 bits per heavy atom. The van der Waals surface area contributed by atoms with E-state index < -0.39 is 11.5 Å². The number of hydrogen-bond donors (Lipinski definition) is 2. The predicted molar refractivity (Wildman–Crippen MR) is 113 cm³/mol. The van der Waals surface area contributed by atoms with E-state index in [2.05, 4.69) is 15.7 Å². The van der Waals surface area contributed by atoms with Crippen LogP contribution in [0.3, 0.4) is 0 Å². The second-order valence-corrected chi connectivity index (χ2v) is 7.29. The number of nitrogens with zero attached hydrogens (tertiary/aromatic N) is 3. The molecule has 0 aliphatic rings. The van der Waals surface area contributed by atoms with Crippen LogP contribution in [0.25, 0.3) is 0 Å². The Labute approximate surface area is 178 Å². The molecule has 0 spiro atoms. The minimum atomic E-state index is -0.405. The predicted octanol–water partition coefficient (Wildman–Crippen LogP) is 1.84. The average molecular weight is 425 g/mol. The highest BCUT2D eigenvalue weighted by atomic mass is 19.1. The van der Waals surface area contributed by atoms with Crippen molar-refractivity contribution in [2.24, 2.45) is 7.05 Å². The molecule has 2 heterocycles. The molecule has 0 fully saturated rings. The second-order valence-electron chi connectivity index (χ2n) is 7.29. The molecule has 0 unspecified atom stereocenters. The Morgan fingerprint density at radius 2 is 1.87 bits per heavy atom. The molecule has 3 aromatic rings. The van der Waals surface area contributed by atoms with E-state index in [1.54, 1.807) is 23.0 Å². The van der Waals surface area contributed by atoms with Gasteiger partial charge in [0.05, 0.1) is 17.8 Å². The van der Waals surface area contributed by atoms with Gasteiger partial charge in [-0.1, -0.05) is 12.1 Å². The Balaban J connectivity index is 1.63. The molecule has 0 aliphatic heterocycles. The van der Waals surface area contributed by atoms with Crippen molar-refractivity contribution in [2.75, 3.05) is 0 Å². The summed E-state index contributed by atoms with van der Waals surface area (Å²) in [5.41, 5.74) is 2.41. The summed E-state index contributed by atoms with van der Waals surface area (Å²) in [7, 11) is 1.82. The van der Waals surface area contributed by atoms with Crippen molar-refractivity contribution in [3.63, 3.8) is 0 Å². The lowest BCUT2D eigenvalue weighted by atomic mass is 10.1. The van der Waals surface area contributed by atoms with E-state index in [1.165, 1.54) is 35.0 Å². The van der Waals surface area contributed by atoms with Crippen LogP contribution in [0.2, 0.25) is 0 Å². The van der Waals surface area contributed by atoms with Gasteiger partial charge in [-0.25, -0.2) is 4.39 Å². The number of hydrogen-bond acceptors (Lipinski definition) is 4. The first kappa shape index (κ1) is 21.9. The van der Waals surface area contributed by atoms with E-state index in [4.69, 9.17) is 0 Å². The highest BCUT2D eigenvalue weighted by molar-refractivity contribution is 5.93. The highest BCUT2D eigenvalue weighted by Crippen LogP contribution is 2.15. The zero-order valence-corrected chi connectivity index (χ0v) is 17.6. The molecule has 3 rings (SSSR count). The number of carbonyl (C=O) groups excluding carboxylic acids is 2. The van der Waals surface area contributed by atoms with Gasteiger partial charge in [0.15, 0.2) is 0 Å². The molecule has 2 aromatic heterocycles. The minimum Gasteiger partial charge on any atom is -0.348 e.